The molecule has 0 radical (unpaired) electrons. The van der Waals surface area contributed by atoms with Crippen molar-refractivity contribution in [2.45, 2.75) is 30.3 Å². The highest BCUT2D eigenvalue weighted by molar-refractivity contribution is 7.99. The van der Waals surface area contributed by atoms with Crippen molar-refractivity contribution in [1.29, 1.82) is 0 Å². The van der Waals surface area contributed by atoms with Gasteiger partial charge in [-0.2, -0.15) is 0 Å². The fraction of sp³-hybridized carbons (Fsp3) is 0.333. The van der Waals surface area contributed by atoms with Gasteiger partial charge in [0, 0.05) is 11.1 Å². The van der Waals surface area contributed by atoms with E-state index < -0.39 is 0 Å². The van der Waals surface area contributed by atoms with Crippen LogP contribution in [-0.4, -0.2) is 21.2 Å². The highest BCUT2D eigenvalue weighted by atomic mass is 35.5. The molecule has 0 aliphatic heterocycles. The number of aromatic nitrogens is 3. The van der Waals surface area contributed by atoms with Gasteiger partial charge in [0.05, 0.1) is 5.25 Å². The summed E-state index contributed by atoms with van der Waals surface area (Å²) in [5.74, 6) is 0.798. The van der Waals surface area contributed by atoms with Crippen molar-refractivity contribution in [3.05, 3.63) is 40.7 Å². The molecule has 2 rings (SSSR count). The number of aromatic amines is 1. The second-order valence-corrected chi connectivity index (χ2v) is 5.70. The number of thioether (sulfide) groups is 1. The quantitative estimate of drug-likeness (QED) is 0.846. The van der Waals surface area contributed by atoms with Crippen molar-refractivity contribution >= 4 is 23.4 Å². The molecule has 2 aromatic rings. The van der Waals surface area contributed by atoms with Gasteiger partial charge in [-0.25, -0.2) is 4.98 Å². The SMILES string of the molecule is Cc1nc(SC(c2cccc(Cl)c2)C(C)N)n[nH]1. The molecule has 0 spiro atoms. The molecule has 4 nitrogen and oxygen atoms in total. The molecule has 6 heteroatoms. The number of hydrogen-bond donors (Lipinski definition) is 2. The lowest BCUT2D eigenvalue weighted by Gasteiger charge is -2.19. The number of aryl methyl sites for hydroxylation is 1. The predicted molar refractivity (Wildman–Crippen MR) is 74.8 cm³/mol. The van der Waals surface area contributed by atoms with E-state index in [0.29, 0.717) is 10.2 Å². The Morgan fingerprint density at radius 1 is 1.44 bits per heavy atom. The minimum atomic E-state index is -0.0210. The number of rotatable bonds is 4. The third-order valence-corrected chi connectivity index (χ3v) is 4.05. The molecule has 2 atom stereocenters. The van der Waals surface area contributed by atoms with E-state index >= 15 is 0 Å². The maximum Gasteiger partial charge on any atom is 0.209 e. The summed E-state index contributed by atoms with van der Waals surface area (Å²) in [5, 5.41) is 8.45. The first-order chi connectivity index (χ1) is 8.56. The first-order valence-electron chi connectivity index (χ1n) is 5.63. The maximum absolute atomic E-state index is 6.04. The van der Waals surface area contributed by atoms with Crippen LogP contribution in [0, 0.1) is 6.92 Å². The second kappa shape index (κ2) is 5.73. The Hall–Kier alpha value is -1.04. The van der Waals surface area contributed by atoms with Crippen LogP contribution in [0.1, 0.15) is 23.6 Å². The summed E-state index contributed by atoms with van der Waals surface area (Å²) in [6.07, 6.45) is 0. The van der Waals surface area contributed by atoms with Gasteiger partial charge in [-0.15, -0.1) is 5.10 Å². The Morgan fingerprint density at radius 3 is 2.78 bits per heavy atom. The van der Waals surface area contributed by atoms with Gasteiger partial charge in [-0.3, -0.25) is 5.10 Å². The minimum absolute atomic E-state index is 0.0210. The Kier molecular flexibility index (Phi) is 4.27. The number of nitrogens with zero attached hydrogens (tertiary/aromatic N) is 2. The van der Waals surface area contributed by atoms with E-state index in [1.165, 1.54) is 0 Å². The van der Waals surface area contributed by atoms with E-state index in [1.54, 1.807) is 11.8 Å². The number of halogens is 1. The number of nitrogens with one attached hydrogen (secondary N) is 1. The Morgan fingerprint density at radius 2 is 2.22 bits per heavy atom. The van der Waals surface area contributed by atoms with Gasteiger partial charge in [-0.1, -0.05) is 35.5 Å². The lowest BCUT2D eigenvalue weighted by atomic mass is 10.1. The molecule has 0 amide bonds. The van der Waals surface area contributed by atoms with Gasteiger partial charge < -0.3 is 5.73 Å². The van der Waals surface area contributed by atoms with Gasteiger partial charge in [0.2, 0.25) is 5.16 Å². The van der Waals surface area contributed by atoms with Gasteiger partial charge in [-0.05, 0) is 31.5 Å². The summed E-state index contributed by atoms with van der Waals surface area (Å²) in [7, 11) is 0. The molecule has 1 aromatic carbocycles. The largest absolute Gasteiger partial charge is 0.327 e. The molecule has 1 heterocycles. The van der Waals surface area contributed by atoms with E-state index in [4.69, 9.17) is 17.3 Å². The van der Waals surface area contributed by atoms with Crippen LogP contribution in [0.5, 0.6) is 0 Å². The summed E-state index contributed by atoms with van der Waals surface area (Å²) >= 11 is 7.56. The smallest absolute Gasteiger partial charge is 0.209 e. The molecule has 96 valence electrons. The first-order valence-corrected chi connectivity index (χ1v) is 6.88. The molecule has 0 saturated heterocycles. The molecule has 0 aliphatic rings. The van der Waals surface area contributed by atoms with Crippen LogP contribution < -0.4 is 5.73 Å². The molecule has 0 aliphatic carbocycles. The molecule has 2 unspecified atom stereocenters. The summed E-state index contributed by atoms with van der Waals surface area (Å²) in [6, 6.07) is 7.71. The van der Waals surface area contributed by atoms with Crippen LogP contribution >= 0.6 is 23.4 Å². The zero-order valence-electron chi connectivity index (χ0n) is 10.2. The van der Waals surface area contributed by atoms with E-state index in [1.807, 2.05) is 38.1 Å². The van der Waals surface area contributed by atoms with Crippen LogP contribution in [0.15, 0.2) is 29.4 Å². The first kappa shape index (κ1) is 13.4. The van der Waals surface area contributed by atoms with Gasteiger partial charge in [0.15, 0.2) is 0 Å². The monoisotopic (exact) mass is 282 g/mol. The summed E-state index contributed by atoms with van der Waals surface area (Å²) in [4.78, 5) is 4.29. The summed E-state index contributed by atoms with van der Waals surface area (Å²) in [6.45, 7) is 3.84. The standard InChI is InChI=1S/C12H15ClN4S/c1-7(14)11(9-4-3-5-10(13)6-9)18-12-15-8(2)16-17-12/h3-7,11H,14H2,1-2H3,(H,15,16,17). The van der Waals surface area contributed by atoms with Crippen molar-refractivity contribution in [1.82, 2.24) is 15.2 Å². The van der Waals surface area contributed by atoms with Gasteiger partial charge in [0.25, 0.3) is 0 Å². The molecular weight excluding hydrogens is 268 g/mol. The van der Waals surface area contributed by atoms with E-state index in [-0.39, 0.29) is 11.3 Å². The van der Waals surface area contributed by atoms with Crippen molar-refractivity contribution in [2.24, 2.45) is 5.73 Å². The number of benzene rings is 1. The molecule has 0 saturated carbocycles. The third-order valence-electron chi connectivity index (χ3n) is 2.46. The lowest BCUT2D eigenvalue weighted by Crippen LogP contribution is -2.22. The Balaban J connectivity index is 2.23. The Bertz CT molecular complexity index is 526. The highest BCUT2D eigenvalue weighted by Crippen LogP contribution is 2.36. The van der Waals surface area contributed by atoms with Crippen molar-refractivity contribution in [2.75, 3.05) is 0 Å². The fourth-order valence-corrected chi connectivity index (χ4v) is 2.86. The van der Waals surface area contributed by atoms with Crippen LogP contribution in [0.4, 0.5) is 0 Å². The minimum Gasteiger partial charge on any atom is -0.327 e. The van der Waals surface area contributed by atoms with Crippen molar-refractivity contribution in [3.8, 4) is 0 Å². The lowest BCUT2D eigenvalue weighted by molar-refractivity contribution is 0.718. The molecular formula is C12H15ClN4S. The van der Waals surface area contributed by atoms with E-state index in [0.717, 1.165) is 11.4 Å². The average Bonchev–Trinajstić information content (AvgIpc) is 2.71. The molecule has 0 bridgehead atoms. The van der Waals surface area contributed by atoms with E-state index in [9.17, 15) is 0 Å². The maximum atomic E-state index is 6.04. The van der Waals surface area contributed by atoms with Gasteiger partial charge in [0.1, 0.15) is 5.82 Å². The topological polar surface area (TPSA) is 67.6 Å². The molecule has 18 heavy (non-hydrogen) atoms. The summed E-state index contributed by atoms with van der Waals surface area (Å²) < 4.78 is 0. The average molecular weight is 283 g/mol. The predicted octanol–water partition coefficient (Wildman–Crippen LogP) is 2.95. The van der Waals surface area contributed by atoms with Crippen LogP contribution in [0.3, 0.4) is 0 Å². The molecule has 3 N–H and O–H groups in total. The third kappa shape index (κ3) is 3.25. The Labute approximate surface area is 115 Å². The summed E-state index contributed by atoms with van der Waals surface area (Å²) in [5.41, 5.74) is 7.13. The highest BCUT2D eigenvalue weighted by Gasteiger charge is 2.20. The molecule has 0 fully saturated rings. The molecule has 1 aromatic heterocycles. The van der Waals surface area contributed by atoms with Crippen LogP contribution in [0.2, 0.25) is 5.02 Å². The van der Waals surface area contributed by atoms with Crippen molar-refractivity contribution < 1.29 is 0 Å². The van der Waals surface area contributed by atoms with Crippen LogP contribution in [0.25, 0.3) is 0 Å². The second-order valence-electron chi connectivity index (χ2n) is 4.16. The zero-order valence-corrected chi connectivity index (χ0v) is 11.8. The normalized spacial score (nSPS) is 14.4. The van der Waals surface area contributed by atoms with Crippen molar-refractivity contribution in [3.63, 3.8) is 0 Å². The van der Waals surface area contributed by atoms with Gasteiger partial charge >= 0.3 is 0 Å². The fourth-order valence-electron chi connectivity index (χ4n) is 1.65. The zero-order chi connectivity index (χ0) is 13.1. The number of nitrogens with two attached hydrogens (primary N) is 1. The van der Waals surface area contributed by atoms with E-state index in [2.05, 4.69) is 15.2 Å². The number of hydrogen-bond acceptors (Lipinski definition) is 4. The number of H-pyrrole nitrogens is 1. The van der Waals surface area contributed by atoms with Crippen LogP contribution in [-0.2, 0) is 0 Å².